The van der Waals surface area contributed by atoms with Crippen LogP contribution in [0.4, 0.5) is 0 Å². The fourth-order valence-electron chi connectivity index (χ4n) is 3.23. The van der Waals surface area contributed by atoms with Crippen LogP contribution in [-0.2, 0) is 12.0 Å². The van der Waals surface area contributed by atoms with Gasteiger partial charge >= 0.3 is 0 Å². The zero-order chi connectivity index (χ0) is 15.4. The molecule has 0 heterocycles. The SMILES string of the molecule is NCc1ccccc1C(=O)NCC1(c2ccccc2)CCC1. The van der Waals surface area contributed by atoms with Crippen LogP contribution in [-0.4, -0.2) is 12.5 Å². The molecule has 1 amide bonds. The molecule has 3 nitrogen and oxygen atoms in total. The van der Waals surface area contributed by atoms with E-state index < -0.39 is 0 Å². The Morgan fingerprint density at radius 1 is 1.05 bits per heavy atom. The Hall–Kier alpha value is -2.13. The molecule has 0 radical (unpaired) electrons. The van der Waals surface area contributed by atoms with Crippen LogP contribution >= 0.6 is 0 Å². The van der Waals surface area contributed by atoms with Crippen molar-refractivity contribution in [1.82, 2.24) is 5.32 Å². The fraction of sp³-hybridized carbons (Fsp3) is 0.316. The second kappa shape index (κ2) is 6.32. The maximum atomic E-state index is 12.5. The topological polar surface area (TPSA) is 55.1 Å². The number of nitrogens with one attached hydrogen (secondary N) is 1. The van der Waals surface area contributed by atoms with Gasteiger partial charge in [-0.1, -0.05) is 55.0 Å². The lowest BCUT2D eigenvalue weighted by Crippen LogP contribution is -2.45. The van der Waals surface area contributed by atoms with Gasteiger partial charge in [0.2, 0.25) is 0 Å². The molecule has 0 aromatic heterocycles. The molecule has 114 valence electrons. The Balaban J connectivity index is 1.72. The number of hydrogen-bond donors (Lipinski definition) is 2. The number of carbonyl (C=O) groups excluding carboxylic acids is 1. The minimum Gasteiger partial charge on any atom is -0.351 e. The number of amides is 1. The van der Waals surface area contributed by atoms with Crippen LogP contribution in [0.3, 0.4) is 0 Å². The molecule has 3 heteroatoms. The molecular weight excluding hydrogens is 272 g/mol. The highest BCUT2D eigenvalue weighted by Crippen LogP contribution is 2.43. The maximum absolute atomic E-state index is 12.5. The average Bonchev–Trinajstić information content (AvgIpc) is 2.54. The van der Waals surface area contributed by atoms with Gasteiger partial charge in [0.1, 0.15) is 0 Å². The van der Waals surface area contributed by atoms with Crippen LogP contribution in [0, 0.1) is 0 Å². The lowest BCUT2D eigenvalue weighted by molar-refractivity contribution is 0.0927. The summed E-state index contributed by atoms with van der Waals surface area (Å²) in [7, 11) is 0. The number of nitrogens with two attached hydrogens (primary N) is 1. The fourth-order valence-corrected chi connectivity index (χ4v) is 3.23. The van der Waals surface area contributed by atoms with E-state index in [2.05, 4.69) is 29.6 Å². The van der Waals surface area contributed by atoms with Crippen molar-refractivity contribution in [3.63, 3.8) is 0 Å². The molecule has 1 aliphatic rings. The van der Waals surface area contributed by atoms with E-state index in [9.17, 15) is 4.79 Å². The largest absolute Gasteiger partial charge is 0.351 e. The van der Waals surface area contributed by atoms with E-state index in [1.165, 1.54) is 12.0 Å². The molecule has 0 bridgehead atoms. The quantitative estimate of drug-likeness (QED) is 0.890. The number of benzene rings is 2. The van der Waals surface area contributed by atoms with E-state index in [0.29, 0.717) is 18.7 Å². The molecule has 22 heavy (non-hydrogen) atoms. The Morgan fingerprint density at radius 3 is 2.36 bits per heavy atom. The van der Waals surface area contributed by atoms with Crippen molar-refractivity contribution < 1.29 is 4.79 Å². The summed E-state index contributed by atoms with van der Waals surface area (Å²) < 4.78 is 0. The lowest BCUT2D eigenvalue weighted by atomic mass is 9.64. The standard InChI is InChI=1S/C19H22N2O/c20-13-15-7-4-5-10-17(15)18(22)21-14-19(11-6-12-19)16-8-2-1-3-9-16/h1-5,7-10H,6,11-14,20H2,(H,21,22). The summed E-state index contributed by atoms with van der Waals surface area (Å²) >= 11 is 0. The van der Waals surface area contributed by atoms with Crippen molar-refractivity contribution >= 4 is 5.91 Å². The van der Waals surface area contributed by atoms with Crippen LogP contribution in [0.1, 0.15) is 40.7 Å². The Labute approximate surface area is 131 Å². The van der Waals surface area contributed by atoms with Gasteiger partial charge in [0.05, 0.1) is 0 Å². The van der Waals surface area contributed by atoms with Crippen molar-refractivity contribution in [2.75, 3.05) is 6.54 Å². The van der Waals surface area contributed by atoms with Crippen LogP contribution in [0.5, 0.6) is 0 Å². The molecule has 0 unspecified atom stereocenters. The summed E-state index contributed by atoms with van der Waals surface area (Å²) in [5, 5.41) is 3.12. The Morgan fingerprint density at radius 2 is 1.73 bits per heavy atom. The summed E-state index contributed by atoms with van der Waals surface area (Å²) in [4.78, 5) is 12.5. The first-order valence-electron chi connectivity index (χ1n) is 7.87. The highest BCUT2D eigenvalue weighted by Gasteiger charge is 2.38. The van der Waals surface area contributed by atoms with Crippen molar-refractivity contribution in [1.29, 1.82) is 0 Å². The van der Waals surface area contributed by atoms with Gasteiger partial charge in [0, 0.05) is 24.1 Å². The molecule has 1 fully saturated rings. The van der Waals surface area contributed by atoms with E-state index in [1.807, 2.05) is 30.3 Å². The minimum atomic E-state index is -0.0248. The molecule has 0 aliphatic heterocycles. The third-order valence-electron chi connectivity index (χ3n) is 4.77. The zero-order valence-corrected chi connectivity index (χ0v) is 12.7. The van der Waals surface area contributed by atoms with E-state index in [4.69, 9.17) is 5.73 Å². The second-order valence-corrected chi connectivity index (χ2v) is 6.04. The minimum absolute atomic E-state index is 0.0248. The predicted molar refractivity (Wildman–Crippen MR) is 88.6 cm³/mol. The number of carbonyl (C=O) groups is 1. The van der Waals surface area contributed by atoms with Gasteiger partial charge in [0.15, 0.2) is 0 Å². The number of hydrogen-bond acceptors (Lipinski definition) is 2. The average molecular weight is 294 g/mol. The lowest BCUT2D eigenvalue weighted by Gasteiger charge is -2.42. The van der Waals surface area contributed by atoms with Crippen LogP contribution < -0.4 is 11.1 Å². The highest BCUT2D eigenvalue weighted by molar-refractivity contribution is 5.95. The van der Waals surface area contributed by atoms with Gasteiger partial charge in [0.25, 0.3) is 5.91 Å². The van der Waals surface area contributed by atoms with Gasteiger partial charge in [-0.3, -0.25) is 4.79 Å². The van der Waals surface area contributed by atoms with Gasteiger partial charge < -0.3 is 11.1 Å². The molecule has 2 aromatic rings. The van der Waals surface area contributed by atoms with Crippen molar-refractivity contribution in [2.24, 2.45) is 5.73 Å². The highest BCUT2D eigenvalue weighted by atomic mass is 16.1. The first-order valence-corrected chi connectivity index (χ1v) is 7.87. The Bertz CT molecular complexity index is 647. The molecule has 0 saturated heterocycles. The molecule has 0 atom stereocenters. The Kier molecular flexibility index (Phi) is 4.25. The third kappa shape index (κ3) is 2.77. The van der Waals surface area contributed by atoms with Crippen molar-refractivity contribution in [3.05, 3.63) is 71.3 Å². The van der Waals surface area contributed by atoms with Crippen LogP contribution in [0.15, 0.2) is 54.6 Å². The molecular formula is C19H22N2O. The van der Waals surface area contributed by atoms with E-state index in [0.717, 1.165) is 18.4 Å². The zero-order valence-electron chi connectivity index (χ0n) is 12.7. The van der Waals surface area contributed by atoms with Gasteiger partial charge in [-0.15, -0.1) is 0 Å². The molecule has 3 rings (SSSR count). The molecule has 3 N–H and O–H groups in total. The predicted octanol–water partition coefficient (Wildman–Crippen LogP) is 3.00. The van der Waals surface area contributed by atoms with Crippen LogP contribution in [0.25, 0.3) is 0 Å². The summed E-state index contributed by atoms with van der Waals surface area (Å²) in [6.45, 7) is 1.07. The number of rotatable bonds is 5. The molecule has 1 aliphatic carbocycles. The first kappa shape index (κ1) is 14.8. The first-order chi connectivity index (χ1) is 10.7. The van der Waals surface area contributed by atoms with Gasteiger partial charge in [-0.2, -0.15) is 0 Å². The normalized spacial score (nSPS) is 15.9. The van der Waals surface area contributed by atoms with E-state index in [-0.39, 0.29) is 11.3 Å². The summed E-state index contributed by atoms with van der Waals surface area (Å²) in [5.41, 5.74) is 8.73. The smallest absolute Gasteiger partial charge is 0.251 e. The monoisotopic (exact) mass is 294 g/mol. The van der Waals surface area contributed by atoms with Crippen LogP contribution in [0.2, 0.25) is 0 Å². The van der Waals surface area contributed by atoms with Gasteiger partial charge in [-0.25, -0.2) is 0 Å². The van der Waals surface area contributed by atoms with E-state index in [1.54, 1.807) is 0 Å². The third-order valence-corrected chi connectivity index (χ3v) is 4.77. The van der Waals surface area contributed by atoms with Gasteiger partial charge in [-0.05, 0) is 30.0 Å². The molecule has 2 aromatic carbocycles. The van der Waals surface area contributed by atoms with E-state index >= 15 is 0 Å². The van der Waals surface area contributed by atoms with Crippen molar-refractivity contribution in [3.8, 4) is 0 Å². The molecule has 0 spiro atoms. The second-order valence-electron chi connectivity index (χ2n) is 6.04. The summed E-state index contributed by atoms with van der Waals surface area (Å²) in [6.07, 6.45) is 3.50. The maximum Gasteiger partial charge on any atom is 0.251 e. The summed E-state index contributed by atoms with van der Waals surface area (Å²) in [6, 6.07) is 18.0. The molecule has 1 saturated carbocycles. The van der Waals surface area contributed by atoms with Crippen molar-refractivity contribution in [2.45, 2.75) is 31.2 Å². The summed E-state index contributed by atoms with van der Waals surface area (Å²) in [5.74, 6) is -0.0248.